The molecule has 6 heteroatoms. The number of hydrogen-bond donors (Lipinski definition) is 2. The monoisotopic (exact) mass is 316 g/mol. The van der Waals surface area contributed by atoms with Crippen LogP contribution in [-0.2, 0) is 10.0 Å². The molecule has 0 amide bonds. The largest absolute Gasteiger partial charge is 0.385 e. The molecule has 2 N–H and O–H groups in total. The van der Waals surface area contributed by atoms with E-state index in [1.807, 2.05) is 25.6 Å². The van der Waals surface area contributed by atoms with E-state index in [0.29, 0.717) is 4.90 Å². The van der Waals surface area contributed by atoms with Crippen molar-refractivity contribution in [3.63, 3.8) is 0 Å². The average Bonchev–Trinajstić information content (AvgIpc) is 2.39. The van der Waals surface area contributed by atoms with Gasteiger partial charge >= 0.3 is 0 Å². The molecule has 4 nitrogen and oxygen atoms in total. The second-order valence-corrected chi connectivity index (χ2v) is 7.67. The molecule has 0 spiro atoms. The zero-order valence-electron chi connectivity index (χ0n) is 12.3. The summed E-state index contributed by atoms with van der Waals surface area (Å²) < 4.78 is 27.1. The molecule has 114 valence electrons. The Bertz CT molecular complexity index is 486. The maximum absolute atomic E-state index is 12.2. The highest BCUT2D eigenvalue weighted by atomic mass is 32.2. The zero-order chi connectivity index (χ0) is 15.0. The number of nitrogens with one attached hydrogen (secondary N) is 2. The fraction of sp³-hybridized carbons (Fsp3) is 0.571. The van der Waals surface area contributed by atoms with Crippen LogP contribution in [0.1, 0.15) is 27.2 Å². The third kappa shape index (κ3) is 5.73. The van der Waals surface area contributed by atoms with Crippen LogP contribution in [0.15, 0.2) is 29.2 Å². The lowest BCUT2D eigenvalue weighted by Gasteiger charge is -2.14. The first-order chi connectivity index (χ1) is 9.49. The summed E-state index contributed by atoms with van der Waals surface area (Å²) in [6.45, 7) is 6.82. The topological polar surface area (TPSA) is 58.2 Å². The number of thioether (sulfide) groups is 1. The lowest BCUT2D eigenvalue weighted by molar-refractivity contribution is 0.557. The zero-order valence-corrected chi connectivity index (χ0v) is 14.0. The molecule has 0 aliphatic rings. The molecule has 1 aromatic rings. The molecule has 0 heterocycles. The maximum Gasteiger partial charge on any atom is 0.240 e. The molecule has 1 atom stereocenters. The van der Waals surface area contributed by atoms with Gasteiger partial charge in [-0.05, 0) is 56.0 Å². The Morgan fingerprint density at radius 3 is 2.40 bits per heavy atom. The van der Waals surface area contributed by atoms with E-state index < -0.39 is 10.0 Å². The summed E-state index contributed by atoms with van der Waals surface area (Å²) in [6, 6.07) is 6.79. The smallest absolute Gasteiger partial charge is 0.240 e. The molecular formula is C14H24N2O2S2. The fourth-order valence-corrected chi connectivity index (χ4v) is 3.84. The maximum atomic E-state index is 12.2. The molecule has 0 saturated carbocycles. The van der Waals surface area contributed by atoms with E-state index in [4.69, 9.17) is 0 Å². The van der Waals surface area contributed by atoms with E-state index in [0.717, 1.165) is 30.2 Å². The predicted octanol–water partition coefficient (Wildman–Crippen LogP) is 2.93. The van der Waals surface area contributed by atoms with Gasteiger partial charge in [-0.25, -0.2) is 13.1 Å². The summed E-state index contributed by atoms with van der Waals surface area (Å²) in [5.74, 6) is 2.03. The molecule has 0 bridgehead atoms. The minimum atomic E-state index is -3.42. The standard InChI is InChI=1S/C14H24N2O2S2/c1-4-15-13-6-8-14(9-7-13)20(17,18)16-12(3)10-11-19-5-2/h6-9,12,15-16H,4-5,10-11H2,1-3H3. The third-order valence-corrected chi connectivity index (χ3v) is 5.34. The Balaban J connectivity index is 2.63. The van der Waals surface area contributed by atoms with Gasteiger partial charge in [-0.15, -0.1) is 0 Å². The second kappa shape index (κ2) is 8.54. The number of sulfonamides is 1. The minimum Gasteiger partial charge on any atom is -0.385 e. The summed E-state index contributed by atoms with van der Waals surface area (Å²) in [5, 5.41) is 3.14. The van der Waals surface area contributed by atoms with Crippen molar-refractivity contribution < 1.29 is 8.42 Å². The summed E-state index contributed by atoms with van der Waals surface area (Å²) in [5.41, 5.74) is 0.929. The summed E-state index contributed by atoms with van der Waals surface area (Å²) in [6.07, 6.45) is 0.840. The molecule has 0 fully saturated rings. The van der Waals surface area contributed by atoms with Crippen LogP contribution in [0.3, 0.4) is 0 Å². The number of hydrogen-bond acceptors (Lipinski definition) is 4. The Morgan fingerprint density at radius 1 is 1.20 bits per heavy atom. The number of benzene rings is 1. The van der Waals surface area contributed by atoms with Crippen molar-refractivity contribution >= 4 is 27.5 Å². The van der Waals surface area contributed by atoms with E-state index in [1.54, 1.807) is 24.3 Å². The lowest BCUT2D eigenvalue weighted by Crippen LogP contribution is -2.33. The van der Waals surface area contributed by atoms with Crippen molar-refractivity contribution in [2.45, 2.75) is 38.1 Å². The van der Waals surface area contributed by atoms with Gasteiger partial charge in [0, 0.05) is 18.3 Å². The van der Waals surface area contributed by atoms with E-state index in [-0.39, 0.29) is 6.04 Å². The Morgan fingerprint density at radius 2 is 1.85 bits per heavy atom. The summed E-state index contributed by atoms with van der Waals surface area (Å²) >= 11 is 1.82. The Labute approximate surface area is 126 Å². The van der Waals surface area contributed by atoms with Gasteiger partial charge in [0.05, 0.1) is 4.90 Å². The van der Waals surface area contributed by atoms with Gasteiger partial charge in [0.15, 0.2) is 0 Å². The molecule has 20 heavy (non-hydrogen) atoms. The van der Waals surface area contributed by atoms with E-state index >= 15 is 0 Å². The number of anilines is 1. The predicted molar refractivity (Wildman–Crippen MR) is 88.0 cm³/mol. The van der Waals surface area contributed by atoms with Gasteiger partial charge in [0.2, 0.25) is 10.0 Å². The van der Waals surface area contributed by atoms with Gasteiger partial charge in [-0.1, -0.05) is 6.92 Å². The van der Waals surface area contributed by atoms with E-state index in [2.05, 4.69) is 17.0 Å². The van der Waals surface area contributed by atoms with Crippen molar-refractivity contribution in [2.75, 3.05) is 23.4 Å². The Hall–Kier alpha value is -0.720. The van der Waals surface area contributed by atoms with Gasteiger partial charge in [0.1, 0.15) is 0 Å². The van der Waals surface area contributed by atoms with E-state index in [1.165, 1.54) is 0 Å². The molecule has 1 unspecified atom stereocenters. The highest BCUT2D eigenvalue weighted by Crippen LogP contribution is 2.15. The molecular weight excluding hydrogens is 292 g/mol. The van der Waals surface area contributed by atoms with Crippen molar-refractivity contribution in [2.24, 2.45) is 0 Å². The SMILES string of the molecule is CCNc1ccc(S(=O)(=O)NC(C)CCSCC)cc1. The van der Waals surface area contributed by atoms with Gasteiger partial charge in [-0.3, -0.25) is 0 Å². The van der Waals surface area contributed by atoms with Crippen LogP contribution in [0.25, 0.3) is 0 Å². The normalized spacial score (nSPS) is 13.2. The quantitative estimate of drug-likeness (QED) is 0.688. The van der Waals surface area contributed by atoms with Crippen molar-refractivity contribution in [1.82, 2.24) is 4.72 Å². The van der Waals surface area contributed by atoms with Crippen LogP contribution in [0, 0.1) is 0 Å². The van der Waals surface area contributed by atoms with Crippen LogP contribution in [-0.4, -0.2) is 32.5 Å². The first-order valence-electron chi connectivity index (χ1n) is 6.93. The molecule has 0 radical (unpaired) electrons. The van der Waals surface area contributed by atoms with Crippen molar-refractivity contribution in [3.8, 4) is 0 Å². The summed E-state index contributed by atoms with van der Waals surface area (Å²) in [7, 11) is -3.42. The average molecular weight is 316 g/mol. The van der Waals surface area contributed by atoms with Crippen molar-refractivity contribution in [1.29, 1.82) is 0 Å². The van der Waals surface area contributed by atoms with Crippen LogP contribution >= 0.6 is 11.8 Å². The van der Waals surface area contributed by atoms with Gasteiger partial charge < -0.3 is 5.32 Å². The minimum absolute atomic E-state index is 0.0486. The first-order valence-corrected chi connectivity index (χ1v) is 9.57. The van der Waals surface area contributed by atoms with Crippen LogP contribution < -0.4 is 10.0 Å². The molecule has 1 aromatic carbocycles. The summed E-state index contributed by atoms with van der Waals surface area (Å²) in [4.78, 5) is 0.314. The van der Waals surface area contributed by atoms with E-state index in [9.17, 15) is 8.42 Å². The van der Waals surface area contributed by atoms with Crippen LogP contribution in [0.2, 0.25) is 0 Å². The lowest BCUT2D eigenvalue weighted by atomic mass is 10.3. The Kier molecular flexibility index (Phi) is 7.40. The van der Waals surface area contributed by atoms with Gasteiger partial charge in [-0.2, -0.15) is 11.8 Å². The highest BCUT2D eigenvalue weighted by Gasteiger charge is 2.16. The van der Waals surface area contributed by atoms with Crippen LogP contribution in [0.4, 0.5) is 5.69 Å². The highest BCUT2D eigenvalue weighted by molar-refractivity contribution is 7.99. The van der Waals surface area contributed by atoms with Gasteiger partial charge in [0.25, 0.3) is 0 Å². The second-order valence-electron chi connectivity index (χ2n) is 4.56. The third-order valence-electron chi connectivity index (χ3n) is 2.80. The molecule has 0 aliphatic carbocycles. The molecule has 0 aliphatic heterocycles. The molecule has 1 rings (SSSR count). The number of rotatable bonds is 9. The van der Waals surface area contributed by atoms with Crippen LogP contribution in [0.5, 0.6) is 0 Å². The first kappa shape index (κ1) is 17.3. The molecule has 0 aromatic heterocycles. The fourth-order valence-electron chi connectivity index (χ4n) is 1.75. The van der Waals surface area contributed by atoms with Crippen molar-refractivity contribution in [3.05, 3.63) is 24.3 Å². The molecule has 0 saturated heterocycles.